The molecule has 1 rings (SSSR count). The van der Waals surface area contributed by atoms with Gasteiger partial charge in [0.1, 0.15) is 6.04 Å². The molecule has 1 unspecified atom stereocenters. The highest BCUT2D eigenvalue weighted by Crippen LogP contribution is 2.20. The number of likely N-dealkylation sites (tertiary alicyclic amines) is 1. The Morgan fingerprint density at radius 1 is 1.39 bits per heavy atom. The van der Waals surface area contributed by atoms with Crippen molar-refractivity contribution >= 4 is 11.9 Å². The van der Waals surface area contributed by atoms with Gasteiger partial charge in [0.15, 0.2) is 0 Å². The minimum atomic E-state index is -0.954. The molecule has 104 valence electrons. The van der Waals surface area contributed by atoms with Crippen molar-refractivity contribution in [2.75, 3.05) is 20.1 Å². The average Bonchev–Trinajstić information content (AvgIpc) is 2.35. The third kappa shape index (κ3) is 5.04. The molecular formula is C13H24N2O3. The second kappa shape index (κ2) is 7.36. The van der Waals surface area contributed by atoms with E-state index in [0.717, 1.165) is 32.4 Å². The number of amides is 1. The van der Waals surface area contributed by atoms with Gasteiger partial charge >= 0.3 is 5.97 Å². The number of carboxylic acids is 1. The number of hydrogen-bond donors (Lipinski definition) is 2. The zero-order chi connectivity index (χ0) is 13.5. The number of carboxylic acid groups (broad SMARTS) is 1. The van der Waals surface area contributed by atoms with Crippen molar-refractivity contribution in [3.63, 3.8) is 0 Å². The first-order chi connectivity index (χ1) is 8.52. The number of carbonyl (C=O) groups is 2. The topological polar surface area (TPSA) is 69.6 Å². The summed E-state index contributed by atoms with van der Waals surface area (Å²) in [6.45, 7) is 3.95. The Morgan fingerprint density at radius 2 is 2.00 bits per heavy atom. The summed E-state index contributed by atoms with van der Waals surface area (Å²) in [5, 5.41) is 11.4. The second-order valence-electron chi connectivity index (χ2n) is 5.15. The molecule has 1 heterocycles. The summed E-state index contributed by atoms with van der Waals surface area (Å²) in [4.78, 5) is 24.7. The lowest BCUT2D eigenvalue weighted by atomic mass is 9.92. The van der Waals surface area contributed by atoms with E-state index in [9.17, 15) is 9.59 Å². The van der Waals surface area contributed by atoms with Gasteiger partial charge in [0, 0.05) is 6.42 Å². The monoisotopic (exact) mass is 256 g/mol. The fourth-order valence-corrected chi connectivity index (χ4v) is 2.29. The van der Waals surface area contributed by atoms with Crippen LogP contribution in [0.2, 0.25) is 0 Å². The molecule has 5 heteroatoms. The van der Waals surface area contributed by atoms with E-state index in [1.807, 2.05) is 0 Å². The Hall–Kier alpha value is -1.10. The van der Waals surface area contributed by atoms with Gasteiger partial charge in [-0.1, -0.05) is 6.92 Å². The quantitative estimate of drug-likeness (QED) is 0.746. The van der Waals surface area contributed by atoms with Crippen molar-refractivity contribution in [3.8, 4) is 0 Å². The summed E-state index contributed by atoms with van der Waals surface area (Å²) in [6.07, 6.45) is 4.02. The summed E-state index contributed by atoms with van der Waals surface area (Å²) in [7, 11) is 2.11. The minimum absolute atomic E-state index is 0.136. The normalized spacial score (nSPS) is 19.4. The van der Waals surface area contributed by atoms with Gasteiger partial charge < -0.3 is 15.3 Å². The maximum Gasteiger partial charge on any atom is 0.326 e. The molecular weight excluding hydrogens is 232 g/mol. The third-order valence-electron chi connectivity index (χ3n) is 3.66. The predicted octanol–water partition coefficient (Wildman–Crippen LogP) is 1.09. The number of rotatable bonds is 6. The Morgan fingerprint density at radius 3 is 2.50 bits per heavy atom. The molecule has 1 aliphatic heterocycles. The summed E-state index contributed by atoms with van der Waals surface area (Å²) in [6, 6.07) is -0.741. The van der Waals surface area contributed by atoms with Crippen LogP contribution in [-0.4, -0.2) is 48.1 Å². The number of nitrogens with one attached hydrogen (secondary N) is 1. The highest BCUT2D eigenvalue weighted by molar-refractivity contribution is 5.83. The molecule has 0 aliphatic carbocycles. The van der Waals surface area contributed by atoms with Crippen LogP contribution >= 0.6 is 0 Å². The standard InChI is InChI=1S/C13H24N2O3/c1-3-11(13(17)18)14-12(16)5-4-10-6-8-15(2)9-7-10/h10-11H,3-9H2,1-2H3,(H,14,16)(H,17,18). The van der Waals surface area contributed by atoms with Crippen LogP contribution in [-0.2, 0) is 9.59 Å². The van der Waals surface area contributed by atoms with Gasteiger partial charge in [0.2, 0.25) is 5.91 Å². The number of hydrogen-bond acceptors (Lipinski definition) is 3. The number of piperidine rings is 1. The molecule has 18 heavy (non-hydrogen) atoms. The molecule has 0 radical (unpaired) electrons. The summed E-state index contributed by atoms with van der Waals surface area (Å²) in [5.41, 5.74) is 0. The minimum Gasteiger partial charge on any atom is -0.480 e. The molecule has 0 aromatic rings. The smallest absolute Gasteiger partial charge is 0.326 e. The first kappa shape index (κ1) is 15.0. The van der Waals surface area contributed by atoms with Gasteiger partial charge in [-0.25, -0.2) is 4.79 Å². The maximum absolute atomic E-state index is 11.6. The zero-order valence-corrected chi connectivity index (χ0v) is 11.3. The van der Waals surface area contributed by atoms with Crippen LogP contribution in [0.3, 0.4) is 0 Å². The SMILES string of the molecule is CCC(NC(=O)CCC1CCN(C)CC1)C(=O)O. The third-order valence-corrected chi connectivity index (χ3v) is 3.66. The Balaban J connectivity index is 2.22. The molecule has 1 fully saturated rings. The van der Waals surface area contributed by atoms with Crippen LogP contribution in [0.1, 0.15) is 39.0 Å². The van der Waals surface area contributed by atoms with Gasteiger partial charge in [-0.05, 0) is 51.7 Å². The van der Waals surface area contributed by atoms with Crippen molar-refractivity contribution in [1.29, 1.82) is 0 Å². The van der Waals surface area contributed by atoms with Crippen LogP contribution in [0.25, 0.3) is 0 Å². The number of nitrogens with zero attached hydrogens (tertiary/aromatic N) is 1. The summed E-state index contributed by atoms with van der Waals surface area (Å²) < 4.78 is 0. The molecule has 0 saturated carbocycles. The van der Waals surface area contributed by atoms with Gasteiger partial charge in [0.25, 0.3) is 0 Å². The average molecular weight is 256 g/mol. The maximum atomic E-state index is 11.6. The van der Waals surface area contributed by atoms with Crippen LogP contribution in [0.4, 0.5) is 0 Å². The van der Waals surface area contributed by atoms with E-state index in [1.165, 1.54) is 0 Å². The second-order valence-corrected chi connectivity index (χ2v) is 5.15. The Kier molecular flexibility index (Phi) is 6.12. The van der Waals surface area contributed by atoms with E-state index >= 15 is 0 Å². The van der Waals surface area contributed by atoms with E-state index in [4.69, 9.17) is 5.11 Å². The van der Waals surface area contributed by atoms with Crippen LogP contribution in [0.15, 0.2) is 0 Å². The fourth-order valence-electron chi connectivity index (χ4n) is 2.29. The molecule has 2 N–H and O–H groups in total. The van der Waals surface area contributed by atoms with Crippen LogP contribution in [0, 0.1) is 5.92 Å². The molecule has 1 atom stereocenters. The summed E-state index contributed by atoms with van der Waals surface area (Å²) >= 11 is 0. The lowest BCUT2D eigenvalue weighted by Crippen LogP contribution is -2.40. The Bertz CT molecular complexity index is 286. The van der Waals surface area contributed by atoms with Crippen molar-refractivity contribution in [2.45, 2.75) is 45.1 Å². The fraction of sp³-hybridized carbons (Fsp3) is 0.846. The molecule has 0 aromatic heterocycles. The molecule has 0 bridgehead atoms. The number of carbonyl (C=O) groups excluding carboxylic acids is 1. The highest BCUT2D eigenvalue weighted by atomic mass is 16.4. The van der Waals surface area contributed by atoms with Crippen molar-refractivity contribution in [3.05, 3.63) is 0 Å². The first-order valence-electron chi connectivity index (χ1n) is 6.73. The van der Waals surface area contributed by atoms with E-state index in [-0.39, 0.29) is 5.91 Å². The molecule has 1 saturated heterocycles. The first-order valence-corrected chi connectivity index (χ1v) is 6.73. The predicted molar refractivity (Wildman–Crippen MR) is 69.3 cm³/mol. The number of aliphatic carboxylic acids is 1. The van der Waals surface area contributed by atoms with Crippen molar-refractivity contribution < 1.29 is 14.7 Å². The van der Waals surface area contributed by atoms with E-state index in [1.54, 1.807) is 6.92 Å². The van der Waals surface area contributed by atoms with Crippen LogP contribution < -0.4 is 5.32 Å². The zero-order valence-electron chi connectivity index (χ0n) is 11.3. The van der Waals surface area contributed by atoms with Gasteiger partial charge in [-0.2, -0.15) is 0 Å². The largest absolute Gasteiger partial charge is 0.480 e. The van der Waals surface area contributed by atoms with E-state index in [2.05, 4.69) is 17.3 Å². The van der Waals surface area contributed by atoms with Gasteiger partial charge in [0.05, 0.1) is 0 Å². The van der Waals surface area contributed by atoms with Gasteiger partial charge in [-0.15, -0.1) is 0 Å². The van der Waals surface area contributed by atoms with Crippen molar-refractivity contribution in [1.82, 2.24) is 10.2 Å². The Labute approximate surface area is 109 Å². The van der Waals surface area contributed by atoms with Gasteiger partial charge in [-0.3, -0.25) is 4.79 Å². The molecule has 5 nitrogen and oxygen atoms in total. The van der Waals surface area contributed by atoms with Crippen LogP contribution in [0.5, 0.6) is 0 Å². The lowest BCUT2D eigenvalue weighted by molar-refractivity contribution is -0.141. The summed E-state index contributed by atoms with van der Waals surface area (Å²) in [5.74, 6) is -0.481. The molecule has 0 spiro atoms. The molecule has 1 amide bonds. The molecule has 0 aromatic carbocycles. The molecule has 1 aliphatic rings. The van der Waals surface area contributed by atoms with E-state index < -0.39 is 12.0 Å². The van der Waals surface area contributed by atoms with E-state index in [0.29, 0.717) is 18.8 Å². The lowest BCUT2D eigenvalue weighted by Gasteiger charge is -2.28. The van der Waals surface area contributed by atoms with Crippen molar-refractivity contribution in [2.24, 2.45) is 5.92 Å². The highest BCUT2D eigenvalue weighted by Gasteiger charge is 2.20.